The monoisotopic (exact) mass is 388 g/mol. The molecule has 3 N–H and O–H groups in total. The van der Waals surface area contributed by atoms with Gasteiger partial charge >= 0.3 is 6.18 Å². The van der Waals surface area contributed by atoms with Gasteiger partial charge in [0.05, 0.1) is 11.6 Å². The Balaban J connectivity index is 0.00000338. The van der Waals surface area contributed by atoms with E-state index in [1.165, 1.54) is 18.2 Å². The number of nitrogens with one attached hydrogen (secondary N) is 1. The predicted octanol–water partition coefficient (Wildman–Crippen LogP) is 4.32. The highest BCUT2D eigenvalue weighted by atomic mass is 35.5. The van der Waals surface area contributed by atoms with Gasteiger partial charge in [0.25, 0.3) is 0 Å². The van der Waals surface area contributed by atoms with Crippen LogP contribution in [0.2, 0.25) is 0 Å². The highest BCUT2D eigenvalue weighted by molar-refractivity contribution is 5.94. The Morgan fingerprint density at radius 2 is 1.69 bits per heavy atom. The first kappa shape index (κ1) is 21.8. The summed E-state index contributed by atoms with van der Waals surface area (Å²) in [6, 6.07) is 14.5. The van der Waals surface area contributed by atoms with E-state index in [0.29, 0.717) is 0 Å². The maximum atomic E-state index is 12.4. The second-order valence-electron chi connectivity index (χ2n) is 5.61. The van der Waals surface area contributed by atoms with Gasteiger partial charge in [0.1, 0.15) is 5.75 Å². The minimum Gasteiger partial charge on any atom is -0.482 e. The van der Waals surface area contributed by atoms with E-state index in [1.54, 1.807) is 13.0 Å². The number of anilines is 1. The highest BCUT2D eigenvalue weighted by Crippen LogP contribution is 2.28. The van der Waals surface area contributed by atoms with Crippen molar-refractivity contribution in [1.82, 2.24) is 0 Å². The number of hydrogen-bond acceptors (Lipinski definition) is 3. The smallest absolute Gasteiger partial charge is 0.422 e. The summed E-state index contributed by atoms with van der Waals surface area (Å²) in [5.74, 6) is -1.04. The van der Waals surface area contributed by atoms with Crippen LogP contribution in [0.1, 0.15) is 18.5 Å². The molecule has 2 atom stereocenters. The van der Waals surface area contributed by atoms with Crippen LogP contribution in [0.4, 0.5) is 18.9 Å². The SMILES string of the molecule is CC(C(=O)Nc1ccccc1OCC(F)(F)F)C(N)c1ccccc1.Cl. The molecule has 0 radical (unpaired) electrons. The first-order chi connectivity index (χ1) is 11.8. The summed E-state index contributed by atoms with van der Waals surface area (Å²) in [7, 11) is 0. The number of rotatable bonds is 6. The molecule has 142 valence electrons. The summed E-state index contributed by atoms with van der Waals surface area (Å²) < 4.78 is 41.7. The molecule has 4 nitrogen and oxygen atoms in total. The fourth-order valence-electron chi connectivity index (χ4n) is 2.23. The zero-order valence-electron chi connectivity index (χ0n) is 14.0. The Bertz CT molecular complexity index is 711. The van der Waals surface area contributed by atoms with Gasteiger partial charge < -0.3 is 15.8 Å². The fraction of sp³-hybridized carbons (Fsp3) is 0.278. The Morgan fingerprint density at radius 1 is 1.12 bits per heavy atom. The molecule has 0 saturated heterocycles. The summed E-state index contributed by atoms with van der Waals surface area (Å²) in [6.07, 6.45) is -4.46. The molecule has 2 aromatic carbocycles. The van der Waals surface area contributed by atoms with Crippen LogP contribution in [0, 0.1) is 5.92 Å². The molecule has 2 rings (SSSR count). The van der Waals surface area contributed by atoms with E-state index in [-0.39, 0.29) is 23.8 Å². The maximum absolute atomic E-state index is 12.4. The molecule has 0 saturated carbocycles. The minimum atomic E-state index is -4.46. The topological polar surface area (TPSA) is 64.3 Å². The van der Waals surface area contributed by atoms with Crippen LogP contribution in [-0.4, -0.2) is 18.7 Å². The normalized spacial score (nSPS) is 13.3. The van der Waals surface area contributed by atoms with E-state index < -0.39 is 30.7 Å². The second kappa shape index (κ2) is 9.45. The summed E-state index contributed by atoms with van der Waals surface area (Å²) in [5, 5.41) is 2.59. The number of nitrogens with two attached hydrogens (primary N) is 1. The van der Waals surface area contributed by atoms with E-state index in [2.05, 4.69) is 5.32 Å². The van der Waals surface area contributed by atoms with Gasteiger partial charge in [-0.05, 0) is 17.7 Å². The molecule has 2 aromatic rings. The van der Waals surface area contributed by atoms with E-state index in [9.17, 15) is 18.0 Å². The molecular weight excluding hydrogens is 369 g/mol. The van der Waals surface area contributed by atoms with Gasteiger partial charge in [-0.2, -0.15) is 13.2 Å². The first-order valence-electron chi connectivity index (χ1n) is 7.68. The van der Waals surface area contributed by atoms with Gasteiger partial charge in [-0.1, -0.05) is 49.4 Å². The number of carbonyl (C=O) groups excluding carboxylic acids is 1. The van der Waals surface area contributed by atoms with Crippen molar-refractivity contribution in [2.24, 2.45) is 11.7 Å². The molecule has 0 aliphatic rings. The van der Waals surface area contributed by atoms with Gasteiger partial charge in [0.15, 0.2) is 6.61 Å². The molecular formula is C18H20ClF3N2O2. The van der Waals surface area contributed by atoms with Crippen molar-refractivity contribution < 1.29 is 22.7 Å². The molecule has 1 amide bonds. The molecule has 0 fully saturated rings. The number of carbonyl (C=O) groups is 1. The maximum Gasteiger partial charge on any atom is 0.422 e. The Morgan fingerprint density at radius 3 is 2.31 bits per heavy atom. The zero-order chi connectivity index (χ0) is 18.4. The fourth-order valence-corrected chi connectivity index (χ4v) is 2.23. The van der Waals surface area contributed by atoms with Crippen LogP contribution < -0.4 is 15.8 Å². The van der Waals surface area contributed by atoms with Crippen molar-refractivity contribution in [1.29, 1.82) is 0 Å². The third-order valence-electron chi connectivity index (χ3n) is 3.67. The third-order valence-corrected chi connectivity index (χ3v) is 3.67. The summed E-state index contributed by atoms with van der Waals surface area (Å²) >= 11 is 0. The second-order valence-corrected chi connectivity index (χ2v) is 5.61. The van der Waals surface area contributed by atoms with Crippen molar-refractivity contribution >= 4 is 24.0 Å². The first-order valence-corrected chi connectivity index (χ1v) is 7.68. The van der Waals surface area contributed by atoms with Crippen LogP contribution in [0.5, 0.6) is 5.75 Å². The van der Waals surface area contributed by atoms with E-state index in [4.69, 9.17) is 10.5 Å². The van der Waals surface area contributed by atoms with Crippen molar-refractivity contribution in [3.63, 3.8) is 0 Å². The van der Waals surface area contributed by atoms with Crippen molar-refractivity contribution in [2.75, 3.05) is 11.9 Å². The summed E-state index contributed by atoms with van der Waals surface area (Å²) in [5.41, 5.74) is 7.07. The number of halogens is 4. The standard InChI is InChI=1S/C18H19F3N2O2.ClH/c1-12(16(22)13-7-3-2-4-8-13)17(24)23-14-9-5-6-10-15(14)25-11-18(19,20)21;/h2-10,12,16H,11,22H2,1H3,(H,23,24);1H. The van der Waals surface area contributed by atoms with Gasteiger partial charge in [-0.25, -0.2) is 0 Å². The van der Waals surface area contributed by atoms with Crippen LogP contribution in [-0.2, 0) is 4.79 Å². The van der Waals surface area contributed by atoms with E-state index in [0.717, 1.165) is 5.56 Å². The van der Waals surface area contributed by atoms with E-state index in [1.807, 2.05) is 30.3 Å². The zero-order valence-corrected chi connectivity index (χ0v) is 14.8. The predicted molar refractivity (Wildman–Crippen MR) is 96.4 cm³/mol. The minimum absolute atomic E-state index is 0. The average molecular weight is 389 g/mol. The molecule has 0 aromatic heterocycles. The van der Waals surface area contributed by atoms with Crippen molar-refractivity contribution in [2.45, 2.75) is 19.1 Å². The third kappa shape index (κ3) is 6.24. The van der Waals surface area contributed by atoms with E-state index >= 15 is 0 Å². The molecule has 2 unspecified atom stereocenters. The Kier molecular flexibility index (Phi) is 7.92. The van der Waals surface area contributed by atoms with Gasteiger partial charge in [0.2, 0.25) is 5.91 Å². The number of para-hydroxylation sites is 2. The molecule has 0 aliphatic carbocycles. The van der Waals surface area contributed by atoms with Crippen molar-refractivity contribution in [3.05, 3.63) is 60.2 Å². The molecule has 0 bridgehead atoms. The van der Waals surface area contributed by atoms with Crippen LogP contribution in [0.3, 0.4) is 0 Å². The highest BCUT2D eigenvalue weighted by Gasteiger charge is 2.29. The molecule has 0 aliphatic heterocycles. The number of alkyl halides is 3. The number of ether oxygens (including phenoxy) is 1. The number of benzene rings is 2. The molecule has 8 heteroatoms. The Hall–Kier alpha value is -2.25. The van der Waals surface area contributed by atoms with Crippen molar-refractivity contribution in [3.8, 4) is 5.75 Å². The lowest BCUT2D eigenvalue weighted by Gasteiger charge is -2.21. The van der Waals surface area contributed by atoms with Crippen LogP contribution in [0.25, 0.3) is 0 Å². The lowest BCUT2D eigenvalue weighted by Crippen LogP contribution is -2.30. The number of amides is 1. The number of hydrogen-bond donors (Lipinski definition) is 2. The summed E-state index contributed by atoms with van der Waals surface area (Å²) in [4.78, 5) is 12.4. The molecule has 0 heterocycles. The Labute approximate surface area is 155 Å². The lowest BCUT2D eigenvalue weighted by molar-refractivity contribution is -0.153. The average Bonchev–Trinajstić information content (AvgIpc) is 2.59. The van der Waals surface area contributed by atoms with Gasteiger partial charge in [-0.15, -0.1) is 12.4 Å². The largest absolute Gasteiger partial charge is 0.482 e. The molecule has 26 heavy (non-hydrogen) atoms. The van der Waals surface area contributed by atoms with Crippen LogP contribution >= 0.6 is 12.4 Å². The van der Waals surface area contributed by atoms with Gasteiger partial charge in [-0.3, -0.25) is 4.79 Å². The summed E-state index contributed by atoms with van der Waals surface area (Å²) in [6.45, 7) is 0.227. The lowest BCUT2D eigenvalue weighted by atomic mass is 9.94. The quantitative estimate of drug-likeness (QED) is 0.774. The van der Waals surface area contributed by atoms with Gasteiger partial charge in [0, 0.05) is 6.04 Å². The van der Waals surface area contributed by atoms with Crippen LogP contribution in [0.15, 0.2) is 54.6 Å². The molecule has 0 spiro atoms.